The summed E-state index contributed by atoms with van der Waals surface area (Å²) in [6.07, 6.45) is 3.22. The molecule has 1 aliphatic heterocycles. The lowest BCUT2D eigenvalue weighted by molar-refractivity contribution is 0.0697. The molecule has 0 aliphatic carbocycles. The van der Waals surface area contributed by atoms with Gasteiger partial charge >= 0.3 is 5.97 Å². The molecule has 0 spiro atoms. The van der Waals surface area contributed by atoms with Crippen molar-refractivity contribution >= 4 is 27.5 Å². The third kappa shape index (κ3) is 4.59. The van der Waals surface area contributed by atoms with Gasteiger partial charge in [-0.25, -0.2) is 18.2 Å². The lowest BCUT2D eigenvalue weighted by Crippen LogP contribution is -2.34. The first-order valence-electron chi connectivity index (χ1n) is 9.48. The molecule has 0 unspecified atom stereocenters. The van der Waals surface area contributed by atoms with Crippen LogP contribution >= 0.6 is 0 Å². The molecule has 0 saturated carbocycles. The summed E-state index contributed by atoms with van der Waals surface area (Å²) >= 11 is 0. The zero-order valence-corrected chi connectivity index (χ0v) is 17.9. The van der Waals surface area contributed by atoms with E-state index < -0.39 is 16.0 Å². The number of sulfonamides is 1. The average Bonchev–Trinajstić information content (AvgIpc) is 2.73. The van der Waals surface area contributed by atoms with E-state index in [1.54, 1.807) is 6.07 Å². The van der Waals surface area contributed by atoms with Crippen LogP contribution in [0.25, 0.3) is 0 Å². The molecule has 1 aromatic carbocycles. The van der Waals surface area contributed by atoms with Gasteiger partial charge in [0.1, 0.15) is 27.8 Å². The number of pyridine rings is 1. The van der Waals surface area contributed by atoms with Gasteiger partial charge < -0.3 is 19.5 Å². The van der Waals surface area contributed by atoms with Gasteiger partial charge in [-0.2, -0.15) is 0 Å². The molecule has 1 aromatic heterocycles. The highest BCUT2D eigenvalue weighted by Crippen LogP contribution is 2.31. The van der Waals surface area contributed by atoms with Crippen LogP contribution in [0.4, 0.5) is 11.5 Å². The zero-order valence-electron chi connectivity index (χ0n) is 17.1. The predicted molar refractivity (Wildman–Crippen MR) is 112 cm³/mol. The van der Waals surface area contributed by atoms with Crippen molar-refractivity contribution in [1.29, 1.82) is 0 Å². The molecule has 1 fully saturated rings. The fourth-order valence-corrected chi connectivity index (χ4v) is 4.57. The number of aromatic carboxylic acids is 1. The normalized spacial score (nSPS) is 15.0. The smallest absolute Gasteiger partial charge is 0.339 e. The Morgan fingerprint density at radius 2 is 1.90 bits per heavy atom. The predicted octanol–water partition coefficient (Wildman–Crippen LogP) is 2.83. The Kier molecular flexibility index (Phi) is 6.35. The highest BCUT2D eigenvalue weighted by molar-refractivity contribution is 7.92. The number of anilines is 2. The highest BCUT2D eigenvalue weighted by Gasteiger charge is 2.25. The average molecular weight is 436 g/mol. The zero-order chi connectivity index (χ0) is 21.9. The van der Waals surface area contributed by atoms with Crippen LogP contribution < -0.4 is 19.1 Å². The van der Waals surface area contributed by atoms with Crippen LogP contribution in [0.3, 0.4) is 0 Å². The summed E-state index contributed by atoms with van der Waals surface area (Å²) in [5.74, 6) is 0.231. The molecule has 0 amide bonds. The lowest BCUT2D eigenvalue weighted by atomic mass is 9.99. The van der Waals surface area contributed by atoms with Crippen molar-refractivity contribution in [2.45, 2.75) is 24.7 Å². The summed E-state index contributed by atoms with van der Waals surface area (Å²) in [5.41, 5.74) is -0.00578. The van der Waals surface area contributed by atoms with Crippen molar-refractivity contribution in [1.82, 2.24) is 4.98 Å². The summed E-state index contributed by atoms with van der Waals surface area (Å²) in [6.45, 7) is 3.58. The molecule has 0 atom stereocenters. The minimum Gasteiger partial charge on any atom is -0.497 e. The highest BCUT2D eigenvalue weighted by atomic mass is 32.2. The second-order valence-electron chi connectivity index (χ2n) is 7.19. The maximum absolute atomic E-state index is 12.9. The largest absolute Gasteiger partial charge is 0.497 e. The van der Waals surface area contributed by atoms with E-state index in [9.17, 15) is 18.3 Å². The second kappa shape index (κ2) is 8.78. The number of aromatic nitrogens is 1. The first-order chi connectivity index (χ1) is 14.2. The van der Waals surface area contributed by atoms with Crippen molar-refractivity contribution in [3.8, 4) is 11.5 Å². The van der Waals surface area contributed by atoms with E-state index in [2.05, 4.69) is 16.6 Å². The van der Waals surface area contributed by atoms with Gasteiger partial charge in [0.25, 0.3) is 10.0 Å². The maximum atomic E-state index is 12.9. The number of carboxylic acids is 1. The van der Waals surface area contributed by atoms with Crippen molar-refractivity contribution in [3.63, 3.8) is 0 Å². The Labute approximate surface area is 175 Å². The summed E-state index contributed by atoms with van der Waals surface area (Å²) in [7, 11) is -1.29. The standard InChI is InChI=1S/C20H25N3O6S/c1-13-6-8-23(9-7-13)19-16(20(24)25)10-14(12-21-19)22-30(26,27)18-11-15(28-2)4-5-17(18)29-3/h4-5,10-13,22H,6-9H2,1-3H3,(H,24,25). The molecule has 1 saturated heterocycles. The molecule has 9 nitrogen and oxygen atoms in total. The van der Waals surface area contributed by atoms with Gasteiger partial charge in [-0.05, 0) is 37.0 Å². The second-order valence-corrected chi connectivity index (χ2v) is 8.84. The Bertz CT molecular complexity index is 1030. The molecule has 1 aliphatic rings. The number of hydrogen-bond acceptors (Lipinski definition) is 7. The molecule has 2 N–H and O–H groups in total. The van der Waals surface area contributed by atoms with Gasteiger partial charge in [-0.15, -0.1) is 0 Å². The number of benzene rings is 1. The topological polar surface area (TPSA) is 118 Å². The van der Waals surface area contributed by atoms with Gasteiger partial charge in [-0.3, -0.25) is 4.72 Å². The monoisotopic (exact) mass is 435 g/mol. The van der Waals surface area contributed by atoms with Crippen LogP contribution in [0, 0.1) is 5.92 Å². The van der Waals surface area contributed by atoms with Gasteiger partial charge in [0, 0.05) is 19.2 Å². The van der Waals surface area contributed by atoms with E-state index >= 15 is 0 Å². The van der Waals surface area contributed by atoms with E-state index in [1.807, 2.05) is 4.90 Å². The van der Waals surface area contributed by atoms with Crippen molar-refractivity contribution < 1.29 is 27.8 Å². The molecule has 0 radical (unpaired) electrons. The van der Waals surface area contributed by atoms with Crippen LogP contribution in [0.15, 0.2) is 35.4 Å². The molecular weight excluding hydrogens is 410 g/mol. The SMILES string of the molecule is COc1ccc(OC)c(S(=O)(=O)Nc2cnc(N3CCC(C)CC3)c(C(=O)O)c2)c1. The summed E-state index contributed by atoms with van der Waals surface area (Å²) in [5, 5.41) is 9.66. The van der Waals surface area contributed by atoms with Crippen LogP contribution in [0.1, 0.15) is 30.1 Å². The summed E-state index contributed by atoms with van der Waals surface area (Å²) in [6, 6.07) is 5.67. The Morgan fingerprint density at radius 1 is 1.20 bits per heavy atom. The number of ether oxygens (including phenoxy) is 2. The van der Waals surface area contributed by atoms with Gasteiger partial charge in [-0.1, -0.05) is 6.92 Å². The minimum absolute atomic E-state index is 0.0476. The van der Waals surface area contributed by atoms with Crippen LogP contribution in [-0.4, -0.2) is 51.8 Å². The van der Waals surface area contributed by atoms with Crippen LogP contribution in [0.5, 0.6) is 11.5 Å². The van der Waals surface area contributed by atoms with Gasteiger partial charge in [0.05, 0.1) is 26.1 Å². The van der Waals surface area contributed by atoms with E-state index in [1.165, 1.54) is 38.6 Å². The number of hydrogen-bond donors (Lipinski definition) is 2. The number of nitrogens with one attached hydrogen (secondary N) is 1. The Hall–Kier alpha value is -3.01. The maximum Gasteiger partial charge on any atom is 0.339 e. The van der Waals surface area contributed by atoms with E-state index in [4.69, 9.17) is 9.47 Å². The number of rotatable bonds is 7. The summed E-state index contributed by atoms with van der Waals surface area (Å²) < 4.78 is 38.5. The van der Waals surface area contributed by atoms with Gasteiger partial charge in [0.2, 0.25) is 0 Å². The number of carbonyl (C=O) groups is 1. The van der Waals surface area contributed by atoms with Crippen molar-refractivity contribution in [2.75, 3.05) is 36.9 Å². The van der Waals surface area contributed by atoms with Gasteiger partial charge in [0.15, 0.2) is 0 Å². The summed E-state index contributed by atoms with van der Waals surface area (Å²) in [4.78, 5) is 17.9. The first-order valence-corrected chi connectivity index (χ1v) is 11.0. The van der Waals surface area contributed by atoms with Crippen LogP contribution in [-0.2, 0) is 10.0 Å². The number of nitrogens with zero attached hydrogens (tertiary/aromatic N) is 2. The minimum atomic E-state index is -4.08. The quantitative estimate of drug-likeness (QED) is 0.682. The third-order valence-corrected chi connectivity index (χ3v) is 6.50. The molecule has 0 bridgehead atoms. The Balaban J connectivity index is 1.93. The van der Waals surface area contributed by atoms with Crippen molar-refractivity contribution in [3.05, 3.63) is 36.0 Å². The van der Waals surface area contributed by atoms with E-state index in [0.29, 0.717) is 30.6 Å². The first kappa shape index (κ1) is 21.7. The fraction of sp³-hybridized carbons (Fsp3) is 0.400. The van der Waals surface area contributed by atoms with E-state index in [0.717, 1.165) is 12.8 Å². The Morgan fingerprint density at radius 3 is 2.50 bits per heavy atom. The molecule has 2 aromatic rings. The van der Waals surface area contributed by atoms with Crippen molar-refractivity contribution in [2.24, 2.45) is 5.92 Å². The van der Waals surface area contributed by atoms with Crippen LogP contribution in [0.2, 0.25) is 0 Å². The third-order valence-electron chi connectivity index (χ3n) is 5.09. The fourth-order valence-electron chi connectivity index (χ4n) is 3.35. The molecular formula is C20H25N3O6S. The van der Waals surface area contributed by atoms with E-state index in [-0.39, 0.29) is 21.9 Å². The number of piperidine rings is 1. The molecule has 3 rings (SSSR count). The number of carboxylic acid groups (broad SMARTS) is 1. The lowest BCUT2D eigenvalue weighted by Gasteiger charge is -2.32. The molecule has 30 heavy (non-hydrogen) atoms. The molecule has 2 heterocycles. The molecule has 162 valence electrons. The molecule has 10 heteroatoms. The number of methoxy groups -OCH3 is 2.